The molecule has 0 aliphatic rings. The number of fused-ring (bicyclic) bond motifs is 3. The Balaban J connectivity index is 2.56. The number of carbonyl (C=O) groups excluding carboxylic acids is 1. The molecule has 0 aliphatic heterocycles. The molecule has 0 spiro atoms. The maximum atomic E-state index is 13.2. The van der Waals surface area contributed by atoms with Crippen LogP contribution in [0.1, 0.15) is 17.4 Å². The number of nitrogens with one attached hydrogen (secondary N) is 1. The van der Waals surface area contributed by atoms with E-state index in [4.69, 9.17) is 0 Å². The van der Waals surface area contributed by atoms with Gasteiger partial charge in [-0.1, -0.05) is 12.2 Å². The quantitative estimate of drug-likeness (QED) is 0.520. The summed E-state index contributed by atoms with van der Waals surface area (Å²) in [5, 5.41) is 3.14. The van der Waals surface area contributed by atoms with Gasteiger partial charge < -0.3 is 5.32 Å². The first-order valence-corrected chi connectivity index (χ1v) is 9.54. The molecule has 2 aromatic heterocycles. The van der Waals surface area contributed by atoms with Crippen molar-refractivity contribution in [2.24, 2.45) is 0 Å². The van der Waals surface area contributed by atoms with Gasteiger partial charge in [-0.15, -0.1) is 11.8 Å². The number of imidazole rings is 1. The van der Waals surface area contributed by atoms with Crippen LogP contribution in [0, 0.1) is 0 Å². The second-order valence-electron chi connectivity index (χ2n) is 5.72. The number of hydrogen-bond donors (Lipinski definition) is 1. The van der Waals surface area contributed by atoms with Crippen LogP contribution >= 0.6 is 27.7 Å². The van der Waals surface area contributed by atoms with Crippen LogP contribution in [-0.2, 0) is 6.54 Å². The van der Waals surface area contributed by atoms with E-state index in [0.717, 1.165) is 14.9 Å². The number of aromatic nitrogens is 3. The molecule has 3 rings (SSSR count). The minimum atomic E-state index is -0.339. The van der Waals surface area contributed by atoms with E-state index in [0.29, 0.717) is 23.1 Å². The van der Waals surface area contributed by atoms with Crippen LogP contribution in [0.2, 0.25) is 0 Å². The van der Waals surface area contributed by atoms with E-state index < -0.39 is 0 Å². The second-order valence-corrected chi connectivity index (χ2v) is 7.45. The first-order valence-electron chi connectivity index (χ1n) is 7.52. The zero-order valence-electron chi connectivity index (χ0n) is 14.1. The summed E-state index contributed by atoms with van der Waals surface area (Å²) in [7, 11) is 1.54. The fraction of sp³-hybridized carbons (Fsp3) is 0.235. The Hall–Kier alpha value is -2.06. The number of amides is 1. The number of nitrogens with zero attached hydrogens (tertiary/aromatic N) is 3. The molecule has 0 saturated heterocycles. The average molecular weight is 421 g/mol. The highest BCUT2D eigenvalue weighted by Gasteiger charge is 2.21. The fourth-order valence-corrected chi connectivity index (χ4v) is 4.07. The molecule has 3 aromatic rings. The standard InChI is InChI=1S/C17H17BrN4O2S/c1-9(2)7-21-16-13(15(23)19-3)20-8-22(16)14-11(17(21)24)5-10(25-4)6-12(14)18/h5-6,8H,1,7H2,2-4H3,(H,19,23). The Morgan fingerprint density at radius 1 is 1.44 bits per heavy atom. The Labute approximate surface area is 157 Å². The van der Waals surface area contributed by atoms with Crippen LogP contribution in [0.3, 0.4) is 0 Å². The third kappa shape index (κ3) is 2.89. The van der Waals surface area contributed by atoms with E-state index in [2.05, 4.69) is 32.8 Å². The van der Waals surface area contributed by atoms with Crippen LogP contribution < -0.4 is 10.9 Å². The SMILES string of the molecule is C=C(C)Cn1c(=O)c2cc(SC)cc(Br)c2n2cnc(C(=O)NC)c12. The first kappa shape index (κ1) is 17.8. The van der Waals surface area contributed by atoms with Gasteiger partial charge in [0.15, 0.2) is 11.3 Å². The zero-order valence-corrected chi connectivity index (χ0v) is 16.5. The fourth-order valence-electron chi connectivity index (χ4n) is 2.80. The van der Waals surface area contributed by atoms with E-state index in [-0.39, 0.29) is 17.2 Å². The number of rotatable bonds is 4. The van der Waals surface area contributed by atoms with Crippen molar-refractivity contribution >= 4 is 50.1 Å². The van der Waals surface area contributed by atoms with Crippen LogP contribution in [0.25, 0.3) is 16.6 Å². The van der Waals surface area contributed by atoms with Crippen molar-refractivity contribution < 1.29 is 4.79 Å². The smallest absolute Gasteiger partial charge is 0.273 e. The Morgan fingerprint density at radius 3 is 2.76 bits per heavy atom. The third-order valence-corrected chi connectivity index (χ3v) is 5.17. The van der Waals surface area contributed by atoms with Gasteiger partial charge in [-0.25, -0.2) is 4.98 Å². The molecule has 8 heteroatoms. The van der Waals surface area contributed by atoms with Crippen molar-refractivity contribution in [3.8, 4) is 0 Å². The molecule has 0 bridgehead atoms. The second kappa shape index (κ2) is 6.68. The van der Waals surface area contributed by atoms with E-state index in [1.54, 1.807) is 27.1 Å². The lowest BCUT2D eigenvalue weighted by molar-refractivity contribution is 0.0960. The highest BCUT2D eigenvalue weighted by atomic mass is 79.9. The van der Waals surface area contributed by atoms with Gasteiger partial charge >= 0.3 is 0 Å². The maximum absolute atomic E-state index is 13.2. The number of allylic oxidation sites excluding steroid dienone is 1. The molecule has 0 fully saturated rings. The maximum Gasteiger partial charge on any atom is 0.273 e. The predicted molar refractivity (Wildman–Crippen MR) is 105 cm³/mol. The minimum absolute atomic E-state index is 0.173. The number of halogens is 1. The Kier molecular flexibility index (Phi) is 4.75. The van der Waals surface area contributed by atoms with E-state index in [1.807, 2.05) is 25.3 Å². The lowest BCUT2D eigenvalue weighted by Crippen LogP contribution is -2.26. The van der Waals surface area contributed by atoms with Gasteiger partial charge in [-0.05, 0) is 41.2 Å². The first-order chi connectivity index (χ1) is 11.9. The van der Waals surface area contributed by atoms with Crippen LogP contribution in [0.15, 0.2) is 44.8 Å². The predicted octanol–water partition coefficient (Wildman–Crippen LogP) is 3.07. The van der Waals surface area contributed by atoms with Crippen LogP contribution in [0.4, 0.5) is 0 Å². The largest absolute Gasteiger partial charge is 0.354 e. The Bertz CT molecular complexity index is 1080. The van der Waals surface area contributed by atoms with Crippen LogP contribution in [-0.4, -0.2) is 33.2 Å². The average Bonchev–Trinajstić information content (AvgIpc) is 3.01. The van der Waals surface area contributed by atoms with Gasteiger partial charge in [0.25, 0.3) is 11.5 Å². The molecular formula is C17H17BrN4O2S. The molecule has 25 heavy (non-hydrogen) atoms. The van der Waals surface area contributed by atoms with Gasteiger partial charge in [-0.3, -0.25) is 18.6 Å². The van der Waals surface area contributed by atoms with Crippen LogP contribution in [0.5, 0.6) is 0 Å². The normalized spacial score (nSPS) is 11.2. The van der Waals surface area contributed by atoms with Crippen molar-refractivity contribution in [1.29, 1.82) is 0 Å². The lowest BCUT2D eigenvalue weighted by Gasteiger charge is -2.14. The van der Waals surface area contributed by atoms with E-state index in [1.165, 1.54) is 7.05 Å². The number of thioether (sulfide) groups is 1. The summed E-state index contributed by atoms with van der Waals surface area (Å²) in [5.74, 6) is -0.339. The molecule has 0 atom stereocenters. The monoisotopic (exact) mass is 420 g/mol. The topological polar surface area (TPSA) is 68.4 Å². The number of benzene rings is 1. The molecule has 1 N–H and O–H groups in total. The molecule has 130 valence electrons. The highest BCUT2D eigenvalue weighted by molar-refractivity contribution is 9.10. The van der Waals surface area contributed by atoms with Gasteiger partial charge in [0.1, 0.15) is 6.33 Å². The van der Waals surface area contributed by atoms with Gasteiger partial charge in [0.2, 0.25) is 0 Å². The summed E-state index contributed by atoms with van der Waals surface area (Å²) >= 11 is 5.12. The molecule has 0 saturated carbocycles. The minimum Gasteiger partial charge on any atom is -0.354 e. The summed E-state index contributed by atoms with van der Waals surface area (Å²) < 4.78 is 4.11. The molecule has 2 heterocycles. The summed E-state index contributed by atoms with van der Waals surface area (Å²) in [6.07, 6.45) is 3.53. The molecule has 1 amide bonds. The van der Waals surface area contributed by atoms with Gasteiger partial charge in [-0.2, -0.15) is 0 Å². The zero-order chi connectivity index (χ0) is 18.3. The number of hydrogen-bond acceptors (Lipinski definition) is 4. The van der Waals surface area contributed by atoms with Gasteiger partial charge in [0.05, 0.1) is 10.9 Å². The molecule has 1 aromatic carbocycles. The van der Waals surface area contributed by atoms with Crippen molar-refractivity contribution in [3.63, 3.8) is 0 Å². The molecular weight excluding hydrogens is 404 g/mol. The number of carbonyl (C=O) groups is 1. The summed E-state index contributed by atoms with van der Waals surface area (Å²) in [5.41, 5.74) is 2.00. The lowest BCUT2D eigenvalue weighted by atomic mass is 10.2. The molecule has 0 unspecified atom stereocenters. The van der Waals surface area contributed by atoms with Crippen molar-refractivity contribution in [3.05, 3.63) is 51.1 Å². The molecule has 0 radical (unpaired) electrons. The third-order valence-electron chi connectivity index (χ3n) is 3.86. The summed E-state index contributed by atoms with van der Waals surface area (Å²) in [6.45, 7) is 6.06. The summed E-state index contributed by atoms with van der Waals surface area (Å²) in [4.78, 5) is 30.6. The van der Waals surface area contributed by atoms with E-state index in [9.17, 15) is 9.59 Å². The molecule has 6 nitrogen and oxygen atoms in total. The Morgan fingerprint density at radius 2 is 2.16 bits per heavy atom. The van der Waals surface area contributed by atoms with E-state index >= 15 is 0 Å². The van der Waals surface area contributed by atoms with Crippen molar-refractivity contribution in [2.45, 2.75) is 18.4 Å². The summed E-state index contributed by atoms with van der Waals surface area (Å²) in [6, 6.07) is 3.82. The van der Waals surface area contributed by atoms with Gasteiger partial charge in [0, 0.05) is 23.0 Å². The molecule has 0 aliphatic carbocycles. The van der Waals surface area contributed by atoms with Crippen molar-refractivity contribution in [1.82, 2.24) is 19.3 Å². The highest BCUT2D eigenvalue weighted by Crippen LogP contribution is 2.29. The van der Waals surface area contributed by atoms with Crippen molar-refractivity contribution in [2.75, 3.05) is 13.3 Å².